The topological polar surface area (TPSA) is 55.8 Å². The molecule has 0 amide bonds. The van der Waals surface area contributed by atoms with Crippen LogP contribution in [0.4, 0.5) is 0 Å². The summed E-state index contributed by atoms with van der Waals surface area (Å²) in [7, 11) is 0. The highest BCUT2D eigenvalue weighted by atomic mass is 16.5. The summed E-state index contributed by atoms with van der Waals surface area (Å²) in [5, 5.41) is 9.42. The molecule has 2 saturated carbocycles. The Bertz CT molecular complexity index is 1000. The third kappa shape index (κ3) is 4.37. The van der Waals surface area contributed by atoms with Gasteiger partial charge in [-0.1, -0.05) is 43.3 Å². The van der Waals surface area contributed by atoms with Gasteiger partial charge in [0.1, 0.15) is 18.5 Å². The highest BCUT2D eigenvalue weighted by Gasteiger charge is 2.59. The molecular formula is C30H38O4. The van der Waals surface area contributed by atoms with Gasteiger partial charge in [0.05, 0.1) is 0 Å². The van der Waals surface area contributed by atoms with Crippen LogP contribution in [-0.4, -0.2) is 23.8 Å². The fourth-order valence-corrected chi connectivity index (χ4v) is 7.55. The van der Waals surface area contributed by atoms with E-state index in [0.717, 1.165) is 44.3 Å². The van der Waals surface area contributed by atoms with Gasteiger partial charge < -0.3 is 14.6 Å². The van der Waals surface area contributed by atoms with Gasteiger partial charge in [-0.2, -0.15) is 0 Å². The van der Waals surface area contributed by atoms with Gasteiger partial charge in [-0.25, -0.2) is 0 Å². The summed E-state index contributed by atoms with van der Waals surface area (Å²) in [6.45, 7) is 4.72. The zero-order chi connectivity index (χ0) is 23.7. The van der Waals surface area contributed by atoms with Crippen LogP contribution in [0, 0.1) is 23.2 Å². The van der Waals surface area contributed by atoms with Crippen molar-refractivity contribution in [2.45, 2.75) is 77.4 Å². The summed E-state index contributed by atoms with van der Waals surface area (Å²) in [4.78, 5) is 12.0. The maximum Gasteiger partial charge on any atom is 0.302 e. The third-order valence-electron chi connectivity index (χ3n) is 9.04. The lowest BCUT2D eigenvalue weighted by Gasteiger charge is -2.50. The number of esters is 1. The molecule has 2 fully saturated rings. The largest absolute Gasteiger partial charge is 0.489 e. The molecule has 2 aromatic rings. The molecule has 2 aromatic carbocycles. The van der Waals surface area contributed by atoms with Gasteiger partial charge in [-0.3, -0.25) is 4.79 Å². The molecule has 0 spiro atoms. The van der Waals surface area contributed by atoms with Gasteiger partial charge in [0.15, 0.2) is 0 Å². The first kappa shape index (κ1) is 23.4. The fraction of sp³-hybridized carbons (Fsp3) is 0.567. The first-order valence-electron chi connectivity index (χ1n) is 13.1. The monoisotopic (exact) mass is 462 g/mol. The van der Waals surface area contributed by atoms with Gasteiger partial charge in [0, 0.05) is 18.9 Å². The Morgan fingerprint density at radius 3 is 2.74 bits per heavy atom. The molecular weight excluding hydrogens is 424 g/mol. The summed E-state index contributed by atoms with van der Waals surface area (Å²) >= 11 is 0. The lowest BCUT2D eigenvalue weighted by molar-refractivity contribution is -0.158. The molecule has 6 atom stereocenters. The Labute approximate surface area is 203 Å². The van der Waals surface area contributed by atoms with Crippen LogP contribution in [0.3, 0.4) is 0 Å². The van der Waals surface area contributed by atoms with E-state index >= 15 is 0 Å². The number of carbonyl (C=O) groups is 1. The van der Waals surface area contributed by atoms with Crippen LogP contribution in [0.1, 0.15) is 75.0 Å². The number of aliphatic hydroxyl groups excluding tert-OH is 1. The van der Waals surface area contributed by atoms with E-state index in [0.29, 0.717) is 30.3 Å². The number of carbonyl (C=O) groups excluding carboxylic acids is 1. The number of fused-ring (bicyclic) bond motifs is 5. The minimum absolute atomic E-state index is 0.0161. The first-order valence-corrected chi connectivity index (χ1v) is 13.1. The number of ether oxygens (including phenoxy) is 2. The molecule has 3 aliphatic rings. The minimum Gasteiger partial charge on any atom is -0.489 e. The predicted octanol–water partition coefficient (Wildman–Crippen LogP) is 6.05. The van der Waals surface area contributed by atoms with E-state index in [9.17, 15) is 9.90 Å². The summed E-state index contributed by atoms with van der Waals surface area (Å²) in [6, 6.07) is 17.1. The van der Waals surface area contributed by atoms with Crippen molar-refractivity contribution in [1.82, 2.24) is 0 Å². The normalized spacial score (nSPS) is 31.8. The number of benzene rings is 2. The van der Waals surface area contributed by atoms with Crippen LogP contribution in [0.15, 0.2) is 48.5 Å². The molecule has 0 heterocycles. The molecule has 4 nitrogen and oxygen atoms in total. The van der Waals surface area contributed by atoms with Crippen molar-refractivity contribution in [2.75, 3.05) is 6.61 Å². The van der Waals surface area contributed by atoms with Crippen molar-refractivity contribution in [1.29, 1.82) is 0 Å². The van der Waals surface area contributed by atoms with Crippen LogP contribution in [0.5, 0.6) is 5.75 Å². The summed E-state index contributed by atoms with van der Waals surface area (Å²) < 4.78 is 12.1. The van der Waals surface area contributed by atoms with E-state index in [4.69, 9.17) is 9.47 Å². The van der Waals surface area contributed by atoms with Crippen molar-refractivity contribution in [3.63, 3.8) is 0 Å². The number of aryl methyl sites for hydroxylation is 1. The zero-order valence-electron chi connectivity index (χ0n) is 20.5. The van der Waals surface area contributed by atoms with E-state index in [1.807, 2.05) is 18.2 Å². The van der Waals surface area contributed by atoms with Gasteiger partial charge >= 0.3 is 5.97 Å². The summed E-state index contributed by atoms with van der Waals surface area (Å²) in [5.74, 6) is 2.95. The predicted molar refractivity (Wildman–Crippen MR) is 133 cm³/mol. The van der Waals surface area contributed by atoms with Crippen LogP contribution < -0.4 is 4.74 Å². The molecule has 4 heteroatoms. The smallest absolute Gasteiger partial charge is 0.302 e. The Balaban J connectivity index is 1.34. The molecule has 1 N–H and O–H groups in total. The molecule has 182 valence electrons. The first-order chi connectivity index (χ1) is 16.5. The van der Waals surface area contributed by atoms with Crippen molar-refractivity contribution in [2.24, 2.45) is 23.2 Å². The van der Waals surface area contributed by atoms with Gasteiger partial charge in [0.25, 0.3) is 0 Å². The SMILES string of the molecule is CC(=O)O[C@H]1[C@H](CCCO)C[C@H]2[C@@H]3CCc4cc(OCc5ccccc5)ccc4[C@H]3CC[C@@]21C. The second kappa shape index (κ2) is 9.73. The molecule has 0 aliphatic heterocycles. The number of aliphatic hydroxyl groups is 1. The van der Waals surface area contributed by atoms with Gasteiger partial charge in [-0.05, 0) is 97.4 Å². The lowest BCUT2D eigenvalue weighted by Crippen LogP contribution is -2.45. The second-order valence-corrected chi connectivity index (χ2v) is 11.0. The van der Waals surface area contributed by atoms with Crippen molar-refractivity contribution in [3.05, 3.63) is 65.2 Å². The van der Waals surface area contributed by atoms with Crippen molar-refractivity contribution >= 4 is 5.97 Å². The number of hydrogen-bond acceptors (Lipinski definition) is 4. The Morgan fingerprint density at radius 2 is 1.97 bits per heavy atom. The van der Waals surface area contributed by atoms with E-state index in [-0.39, 0.29) is 24.1 Å². The Morgan fingerprint density at radius 1 is 1.15 bits per heavy atom. The van der Waals surface area contributed by atoms with Crippen LogP contribution in [-0.2, 0) is 22.6 Å². The average Bonchev–Trinajstić information content (AvgIpc) is 3.12. The molecule has 3 aliphatic carbocycles. The molecule has 5 rings (SSSR count). The summed E-state index contributed by atoms with van der Waals surface area (Å²) in [5.41, 5.74) is 4.18. The van der Waals surface area contributed by atoms with E-state index in [1.54, 1.807) is 6.92 Å². The van der Waals surface area contributed by atoms with E-state index < -0.39 is 0 Å². The second-order valence-electron chi connectivity index (χ2n) is 11.0. The number of rotatable bonds is 7. The highest BCUT2D eigenvalue weighted by molar-refractivity contribution is 5.66. The molecule has 0 unspecified atom stereocenters. The van der Waals surface area contributed by atoms with Crippen LogP contribution in [0.25, 0.3) is 0 Å². The average molecular weight is 463 g/mol. The molecule has 0 radical (unpaired) electrons. The Kier molecular flexibility index (Phi) is 6.70. The fourth-order valence-electron chi connectivity index (χ4n) is 7.55. The molecule has 0 saturated heterocycles. The minimum atomic E-state index is -0.167. The standard InChI is InChI=1S/C30H38O4/c1-20(32)34-29-23(9-6-16-31)18-28-27-12-10-22-17-24(33-19-21-7-4-3-5-8-21)11-13-25(22)26(27)14-15-30(28,29)2/h3-5,7-8,11,13,17,23,26-29,31H,6,9-10,12,14-16,18-19H2,1-2H3/t23-,26-,27-,28+,29+,30+/m1/s1. The quantitative estimate of drug-likeness (QED) is 0.509. The zero-order valence-corrected chi connectivity index (χ0v) is 20.5. The highest BCUT2D eigenvalue weighted by Crippen LogP contribution is 2.63. The molecule has 0 bridgehead atoms. The maximum absolute atomic E-state index is 12.0. The molecule has 0 aromatic heterocycles. The summed E-state index contributed by atoms with van der Waals surface area (Å²) in [6.07, 6.45) is 7.35. The van der Waals surface area contributed by atoms with Crippen molar-refractivity contribution in [3.8, 4) is 5.75 Å². The van der Waals surface area contributed by atoms with E-state index in [2.05, 4.69) is 37.3 Å². The lowest BCUT2D eigenvalue weighted by atomic mass is 9.55. The van der Waals surface area contributed by atoms with E-state index in [1.165, 1.54) is 23.1 Å². The van der Waals surface area contributed by atoms with Gasteiger partial charge in [-0.15, -0.1) is 0 Å². The van der Waals surface area contributed by atoms with Gasteiger partial charge in [0.2, 0.25) is 0 Å². The molecule has 34 heavy (non-hydrogen) atoms. The maximum atomic E-state index is 12.0. The number of hydrogen-bond donors (Lipinski definition) is 1. The van der Waals surface area contributed by atoms with Crippen LogP contribution >= 0.6 is 0 Å². The third-order valence-corrected chi connectivity index (χ3v) is 9.04. The van der Waals surface area contributed by atoms with Crippen LogP contribution in [0.2, 0.25) is 0 Å². The Hall–Kier alpha value is -2.33. The van der Waals surface area contributed by atoms with Crippen molar-refractivity contribution < 1.29 is 19.4 Å².